The Morgan fingerprint density at radius 3 is 2.83 bits per heavy atom. The van der Waals surface area contributed by atoms with Gasteiger partial charge in [-0.05, 0) is 38.0 Å². The van der Waals surface area contributed by atoms with Crippen LogP contribution in [0.5, 0.6) is 0 Å². The predicted molar refractivity (Wildman–Crippen MR) is 111 cm³/mol. The fourth-order valence-electron chi connectivity index (χ4n) is 5.22. The highest BCUT2D eigenvalue weighted by molar-refractivity contribution is 6.20. The molecule has 0 aromatic carbocycles. The highest BCUT2D eigenvalue weighted by Gasteiger charge is 2.57. The second-order valence-electron chi connectivity index (χ2n) is 9.01. The molecule has 170 valence electrons. The van der Waals surface area contributed by atoms with Gasteiger partial charge in [0.05, 0.1) is 19.4 Å². The molecule has 5 unspecified atom stereocenters. The van der Waals surface area contributed by atoms with Gasteiger partial charge >= 0.3 is 0 Å². The Hall–Kier alpha value is -0.850. The van der Waals surface area contributed by atoms with E-state index in [1.165, 1.54) is 13.4 Å². The number of amidine groups is 1. The molecule has 3 heterocycles. The van der Waals surface area contributed by atoms with Crippen molar-refractivity contribution < 1.29 is 24.9 Å². The van der Waals surface area contributed by atoms with Crippen molar-refractivity contribution in [1.29, 1.82) is 0 Å². The van der Waals surface area contributed by atoms with E-state index in [0.29, 0.717) is 12.5 Å². The lowest BCUT2D eigenvalue weighted by atomic mass is 9.71. The van der Waals surface area contributed by atoms with Gasteiger partial charge in [0.25, 0.3) is 0 Å². The molecule has 0 aromatic rings. The van der Waals surface area contributed by atoms with E-state index in [1.54, 1.807) is 6.92 Å². The van der Waals surface area contributed by atoms with Gasteiger partial charge in [-0.1, -0.05) is 6.92 Å². The van der Waals surface area contributed by atoms with Gasteiger partial charge in [-0.3, -0.25) is 20.6 Å². The van der Waals surface area contributed by atoms with Crippen molar-refractivity contribution in [3.8, 4) is 0 Å². The number of hydrogen-bond donors (Lipinski definition) is 5. The largest absolute Gasteiger partial charge is 0.387 e. The number of alkyl halides is 1. The average molecular weight is 446 g/mol. The molecule has 10 atom stereocenters. The molecule has 0 radical (unpaired) electrons. The van der Waals surface area contributed by atoms with Gasteiger partial charge in [0.15, 0.2) is 0 Å². The highest BCUT2D eigenvalue weighted by Crippen LogP contribution is 2.43. The predicted octanol–water partition coefficient (Wildman–Crippen LogP) is -0.623. The molecule has 30 heavy (non-hydrogen) atoms. The lowest BCUT2D eigenvalue weighted by molar-refractivity contribution is -0.175. The number of aliphatic hydroxyl groups is 3. The van der Waals surface area contributed by atoms with E-state index < -0.39 is 30.1 Å². The molecule has 11 heteroatoms. The molecule has 4 aliphatic rings. The van der Waals surface area contributed by atoms with Crippen LogP contribution in [0.2, 0.25) is 0 Å². The van der Waals surface area contributed by atoms with Crippen LogP contribution in [0, 0.1) is 11.8 Å². The fraction of sp³-hybridized carbons (Fsp3) is 0.895. The molecule has 5 N–H and O–H groups in total. The molecule has 0 spiro atoms. The Bertz CT molecular complexity index is 694. The van der Waals surface area contributed by atoms with Crippen LogP contribution in [0.4, 0.5) is 0 Å². The second kappa shape index (κ2) is 8.59. The van der Waals surface area contributed by atoms with E-state index in [1.807, 2.05) is 4.90 Å². The third-order valence-electron chi connectivity index (χ3n) is 7.08. The van der Waals surface area contributed by atoms with E-state index in [-0.39, 0.29) is 29.4 Å². The van der Waals surface area contributed by atoms with Crippen molar-refractivity contribution >= 4 is 23.8 Å². The third-order valence-corrected chi connectivity index (χ3v) is 7.73. The lowest BCUT2D eigenvalue weighted by Gasteiger charge is -2.43. The maximum absolute atomic E-state index is 11.4. The number of aliphatic hydroxyl groups excluding tert-OH is 2. The van der Waals surface area contributed by atoms with Crippen LogP contribution in [0.3, 0.4) is 0 Å². The summed E-state index contributed by atoms with van der Waals surface area (Å²) in [5.74, 6) is 0.764. The minimum absolute atomic E-state index is 0.0742. The van der Waals surface area contributed by atoms with Gasteiger partial charge in [-0.15, -0.1) is 11.6 Å². The number of rotatable bonds is 4. The fourth-order valence-corrected chi connectivity index (χ4v) is 5.45. The second-order valence-corrected chi connectivity index (χ2v) is 9.57. The Balaban J connectivity index is 1.49. The van der Waals surface area contributed by atoms with E-state index in [9.17, 15) is 15.3 Å². The van der Waals surface area contributed by atoms with Gasteiger partial charge < -0.3 is 20.1 Å². The van der Waals surface area contributed by atoms with Gasteiger partial charge in [-0.2, -0.15) is 0 Å². The monoisotopic (exact) mass is 445 g/mol. The van der Waals surface area contributed by atoms with Crippen molar-refractivity contribution in [3.63, 3.8) is 0 Å². The van der Waals surface area contributed by atoms with Gasteiger partial charge in [0.1, 0.15) is 48.9 Å². The number of ether oxygens (including phenoxy) is 1. The van der Waals surface area contributed by atoms with Gasteiger partial charge in [0, 0.05) is 5.38 Å². The van der Waals surface area contributed by atoms with Crippen molar-refractivity contribution in [1.82, 2.24) is 15.7 Å². The summed E-state index contributed by atoms with van der Waals surface area (Å²) in [6, 6.07) is -0.262. The Kier molecular flexibility index (Phi) is 6.40. The first-order valence-corrected chi connectivity index (χ1v) is 10.9. The molecule has 1 aliphatic carbocycles. The Labute approximate surface area is 181 Å². The van der Waals surface area contributed by atoms with Crippen molar-refractivity contribution in [2.24, 2.45) is 21.8 Å². The summed E-state index contributed by atoms with van der Waals surface area (Å²) in [6.07, 6.45) is -0.788. The van der Waals surface area contributed by atoms with Crippen LogP contribution in [-0.4, -0.2) is 93.9 Å². The summed E-state index contributed by atoms with van der Waals surface area (Å²) in [7, 11) is 1.50. The first-order chi connectivity index (χ1) is 14.3. The molecule has 1 saturated carbocycles. The van der Waals surface area contributed by atoms with Crippen LogP contribution in [-0.2, 0) is 9.57 Å². The lowest BCUT2D eigenvalue weighted by Crippen LogP contribution is -2.53. The molecule has 3 aliphatic heterocycles. The highest BCUT2D eigenvalue weighted by atomic mass is 35.5. The summed E-state index contributed by atoms with van der Waals surface area (Å²) in [5.41, 5.74) is 1.44. The van der Waals surface area contributed by atoms with E-state index in [0.717, 1.165) is 19.3 Å². The Morgan fingerprint density at radius 1 is 1.37 bits per heavy atom. The van der Waals surface area contributed by atoms with Crippen LogP contribution in [0.25, 0.3) is 0 Å². The maximum atomic E-state index is 11.4. The number of nitrogens with one attached hydrogen (secondary N) is 2. The van der Waals surface area contributed by atoms with Gasteiger partial charge in [0.2, 0.25) is 0 Å². The van der Waals surface area contributed by atoms with Crippen molar-refractivity contribution in [2.45, 2.75) is 80.8 Å². The zero-order valence-corrected chi connectivity index (χ0v) is 18.2. The summed E-state index contributed by atoms with van der Waals surface area (Å²) in [5, 5.41) is 36.4. The maximum Gasteiger partial charge on any atom is 0.148 e. The zero-order chi connectivity index (χ0) is 21.6. The summed E-state index contributed by atoms with van der Waals surface area (Å²) < 4.78 is 6.13. The van der Waals surface area contributed by atoms with Crippen LogP contribution in [0.1, 0.15) is 33.1 Å². The number of nitrogens with zero attached hydrogens (tertiary/aromatic N) is 3. The first kappa shape index (κ1) is 22.3. The number of hydrogen-bond acceptors (Lipinski definition) is 10. The SMILES string of the molecule is CONC1=NC=NC2C1NCN2[C@@H]1O[C@H]([C@](C)(O)C2CCC(Cl)C(C)C2)[C@@H](O)[C@H]1O. The summed E-state index contributed by atoms with van der Waals surface area (Å²) in [6.45, 7) is 4.14. The molecule has 4 rings (SSSR count). The number of aliphatic imine (C=N–C) groups is 2. The minimum atomic E-state index is -1.30. The molecule has 0 aromatic heterocycles. The van der Waals surface area contributed by atoms with E-state index >= 15 is 0 Å². The number of fused-ring (bicyclic) bond motifs is 1. The number of halogens is 1. The zero-order valence-electron chi connectivity index (χ0n) is 17.5. The molecule has 2 saturated heterocycles. The molecular formula is C19H32ClN5O5. The molecule has 0 amide bonds. The smallest absolute Gasteiger partial charge is 0.148 e. The first-order valence-electron chi connectivity index (χ1n) is 10.5. The molecule has 0 bridgehead atoms. The van der Waals surface area contributed by atoms with Crippen LogP contribution >= 0.6 is 11.6 Å². The quantitative estimate of drug-likeness (QED) is 0.286. The third kappa shape index (κ3) is 3.77. The van der Waals surface area contributed by atoms with Crippen LogP contribution in [0.15, 0.2) is 9.98 Å². The average Bonchev–Trinajstić information content (AvgIpc) is 3.27. The molecule has 3 fully saturated rings. The summed E-state index contributed by atoms with van der Waals surface area (Å²) >= 11 is 6.35. The van der Waals surface area contributed by atoms with E-state index in [2.05, 4.69) is 27.7 Å². The van der Waals surface area contributed by atoms with Crippen LogP contribution < -0.4 is 10.8 Å². The normalized spacial score (nSPS) is 46.4. The van der Waals surface area contributed by atoms with Crippen molar-refractivity contribution in [3.05, 3.63) is 0 Å². The van der Waals surface area contributed by atoms with E-state index in [4.69, 9.17) is 21.2 Å². The van der Waals surface area contributed by atoms with Crippen molar-refractivity contribution in [2.75, 3.05) is 13.8 Å². The topological polar surface area (TPSA) is 131 Å². The standard InChI is InChI=1S/C19H32ClN5O5/c1-9-6-10(4-5-11(9)20)19(2,28)15-13(26)14(27)18(30-15)25-8-23-12-16(24-29-3)21-7-22-17(12)25/h7,9-15,17-18,23,26-28H,4-6,8H2,1-3H3,(H,21,22,24)/t9?,10?,11?,12?,13-,14+,15-,17?,18+,19+/m0/s1. The van der Waals surface area contributed by atoms with Gasteiger partial charge in [-0.25, -0.2) is 9.89 Å². The molecule has 10 nitrogen and oxygen atoms in total. The minimum Gasteiger partial charge on any atom is -0.387 e. The Morgan fingerprint density at radius 2 is 2.13 bits per heavy atom. The number of hydroxylamine groups is 1. The summed E-state index contributed by atoms with van der Waals surface area (Å²) in [4.78, 5) is 15.4. The molecular weight excluding hydrogens is 414 g/mol.